The molecule has 1 rings (SSSR count). The van der Waals surface area contributed by atoms with Gasteiger partial charge in [-0.05, 0) is 12.1 Å². The molecule has 0 aromatic carbocycles. The Morgan fingerprint density at radius 3 is 2.33 bits per heavy atom. The van der Waals surface area contributed by atoms with Crippen molar-refractivity contribution in [2.45, 2.75) is 6.92 Å². The molecule has 1 heterocycles. The van der Waals surface area contributed by atoms with Crippen LogP contribution in [0.4, 0.5) is 11.5 Å². The van der Waals surface area contributed by atoms with E-state index < -0.39 is 11.2 Å². The molecule has 82 valence electrons. The van der Waals surface area contributed by atoms with Gasteiger partial charge in [0.25, 0.3) is 5.56 Å². The molecular weight excluding hydrogens is 200 g/mol. The molecule has 1 aromatic rings. The van der Waals surface area contributed by atoms with Gasteiger partial charge in [-0.3, -0.25) is 13.9 Å². The summed E-state index contributed by atoms with van der Waals surface area (Å²) in [5.41, 5.74) is -1.46. The van der Waals surface area contributed by atoms with Crippen LogP contribution in [-0.4, -0.2) is 15.7 Å². The van der Waals surface area contributed by atoms with Crippen molar-refractivity contribution in [1.29, 1.82) is 0 Å². The minimum absolute atomic E-state index is 0.153. The Morgan fingerprint density at radius 2 is 1.87 bits per heavy atom. The number of nitroso groups, excluding NO2 is 1. The minimum Gasteiger partial charge on any atom is -0.370 e. The molecule has 15 heavy (non-hydrogen) atoms. The lowest BCUT2D eigenvalue weighted by Crippen LogP contribution is -2.37. The van der Waals surface area contributed by atoms with Crippen molar-refractivity contribution < 1.29 is 0 Å². The molecular formula is C8H12N4O3. The van der Waals surface area contributed by atoms with E-state index in [9.17, 15) is 14.5 Å². The van der Waals surface area contributed by atoms with E-state index in [1.165, 1.54) is 18.7 Å². The van der Waals surface area contributed by atoms with Gasteiger partial charge in [0.2, 0.25) is 5.69 Å². The summed E-state index contributed by atoms with van der Waals surface area (Å²) in [6.07, 6.45) is 0. The highest BCUT2D eigenvalue weighted by atomic mass is 16.3. The predicted molar refractivity (Wildman–Crippen MR) is 56.5 cm³/mol. The normalized spacial score (nSPS) is 10.1. The molecule has 1 aromatic heterocycles. The second-order valence-electron chi connectivity index (χ2n) is 3.02. The lowest BCUT2D eigenvalue weighted by atomic mass is 10.4. The number of aromatic nitrogens is 2. The van der Waals surface area contributed by atoms with Crippen LogP contribution in [0, 0.1) is 4.91 Å². The number of hydrogen-bond donors (Lipinski definition) is 1. The van der Waals surface area contributed by atoms with Crippen molar-refractivity contribution in [3.63, 3.8) is 0 Å². The maximum Gasteiger partial charge on any atom is 0.332 e. The van der Waals surface area contributed by atoms with Gasteiger partial charge in [0, 0.05) is 20.6 Å². The molecule has 0 bridgehead atoms. The Hall–Kier alpha value is -1.92. The van der Waals surface area contributed by atoms with Crippen LogP contribution in [0.25, 0.3) is 0 Å². The third kappa shape index (κ3) is 1.67. The summed E-state index contributed by atoms with van der Waals surface area (Å²) < 4.78 is 2.03. The van der Waals surface area contributed by atoms with Crippen LogP contribution in [0.15, 0.2) is 14.8 Å². The third-order valence-electron chi connectivity index (χ3n) is 2.08. The lowest BCUT2D eigenvalue weighted by Gasteiger charge is -2.11. The SMILES string of the molecule is CCNc1c(N=O)c(=O)n(C)c(=O)n1C. The standard InChI is InChI=1S/C8H12N4O3/c1-4-9-6-5(10-15)7(13)12(3)8(14)11(6)2/h9H,4H2,1-3H3. The zero-order chi connectivity index (χ0) is 11.6. The fourth-order valence-corrected chi connectivity index (χ4v) is 1.28. The van der Waals surface area contributed by atoms with Crippen molar-refractivity contribution in [2.75, 3.05) is 11.9 Å². The molecule has 7 nitrogen and oxygen atoms in total. The van der Waals surface area contributed by atoms with Crippen LogP contribution >= 0.6 is 0 Å². The summed E-state index contributed by atoms with van der Waals surface area (Å²) in [5, 5.41) is 5.41. The molecule has 0 fully saturated rings. The fourth-order valence-electron chi connectivity index (χ4n) is 1.28. The summed E-state index contributed by atoms with van der Waals surface area (Å²) in [5.74, 6) is 0.153. The predicted octanol–water partition coefficient (Wildman–Crippen LogP) is -0.0863. The van der Waals surface area contributed by atoms with Gasteiger partial charge in [-0.2, -0.15) is 0 Å². The molecule has 0 spiro atoms. The van der Waals surface area contributed by atoms with Gasteiger partial charge in [-0.1, -0.05) is 0 Å². The molecule has 0 saturated carbocycles. The van der Waals surface area contributed by atoms with Crippen LogP contribution in [0.2, 0.25) is 0 Å². The molecule has 0 atom stereocenters. The van der Waals surface area contributed by atoms with Gasteiger partial charge >= 0.3 is 5.69 Å². The summed E-state index contributed by atoms with van der Waals surface area (Å²) >= 11 is 0. The molecule has 0 aliphatic carbocycles. The van der Waals surface area contributed by atoms with Crippen LogP contribution in [0.1, 0.15) is 6.92 Å². The van der Waals surface area contributed by atoms with Crippen molar-refractivity contribution in [1.82, 2.24) is 9.13 Å². The van der Waals surface area contributed by atoms with Crippen LogP contribution < -0.4 is 16.6 Å². The van der Waals surface area contributed by atoms with Crippen molar-refractivity contribution >= 4 is 11.5 Å². The molecule has 7 heteroatoms. The fraction of sp³-hybridized carbons (Fsp3) is 0.500. The van der Waals surface area contributed by atoms with E-state index in [1.54, 1.807) is 6.92 Å². The van der Waals surface area contributed by atoms with E-state index in [0.29, 0.717) is 6.54 Å². The number of hydrogen-bond acceptors (Lipinski definition) is 5. The number of rotatable bonds is 3. The van der Waals surface area contributed by atoms with Gasteiger partial charge in [0.05, 0.1) is 0 Å². The van der Waals surface area contributed by atoms with Gasteiger partial charge in [-0.15, -0.1) is 4.91 Å². The van der Waals surface area contributed by atoms with Gasteiger partial charge in [0.1, 0.15) is 5.82 Å². The number of nitrogens with zero attached hydrogens (tertiary/aromatic N) is 3. The highest BCUT2D eigenvalue weighted by molar-refractivity contribution is 5.59. The van der Waals surface area contributed by atoms with E-state index in [0.717, 1.165) is 4.57 Å². The first kappa shape index (κ1) is 11.2. The van der Waals surface area contributed by atoms with Crippen LogP contribution in [0.5, 0.6) is 0 Å². The molecule has 0 radical (unpaired) electrons. The van der Waals surface area contributed by atoms with E-state index in [1.807, 2.05) is 0 Å². The Labute approximate surface area is 85.3 Å². The second kappa shape index (κ2) is 4.07. The number of anilines is 1. The lowest BCUT2D eigenvalue weighted by molar-refractivity contribution is 0.691. The van der Waals surface area contributed by atoms with Crippen LogP contribution in [0.3, 0.4) is 0 Å². The van der Waals surface area contributed by atoms with E-state index >= 15 is 0 Å². The zero-order valence-corrected chi connectivity index (χ0v) is 8.77. The Bertz CT molecular complexity index is 500. The van der Waals surface area contributed by atoms with Crippen molar-refractivity contribution in [3.05, 3.63) is 25.7 Å². The maximum atomic E-state index is 11.5. The van der Waals surface area contributed by atoms with Gasteiger partial charge in [0.15, 0.2) is 0 Å². The van der Waals surface area contributed by atoms with E-state index in [4.69, 9.17) is 0 Å². The zero-order valence-electron chi connectivity index (χ0n) is 8.77. The molecule has 0 amide bonds. The summed E-state index contributed by atoms with van der Waals surface area (Å²) in [7, 11) is 2.77. The topological polar surface area (TPSA) is 85.5 Å². The summed E-state index contributed by atoms with van der Waals surface area (Å²) in [6.45, 7) is 2.28. The number of nitrogens with one attached hydrogen (secondary N) is 1. The monoisotopic (exact) mass is 212 g/mol. The molecule has 0 saturated heterocycles. The van der Waals surface area contributed by atoms with Gasteiger partial charge in [-0.25, -0.2) is 4.79 Å². The van der Waals surface area contributed by atoms with E-state index in [2.05, 4.69) is 10.5 Å². The molecule has 0 aliphatic rings. The third-order valence-corrected chi connectivity index (χ3v) is 2.08. The average Bonchev–Trinajstić information content (AvgIpc) is 2.24. The second-order valence-corrected chi connectivity index (χ2v) is 3.02. The smallest absolute Gasteiger partial charge is 0.332 e. The highest BCUT2D eigenvalue weighted by Crippen LogP contribution is 2.16. The highest BCUT2D eigenvalue weighted by Gasteiger charge is 2.15. The Kier molecular flexibility index (Phi) is 3.03. The Balaban J connectivity index is 3.70. The largest absolute Gasteiger partial charge is 0.370 e. The first-order chi connectivity index (χ1) is 7.04. The Morgan fingerprint density at radius 1 is 1.27 bits per heavy atom. The first-order valence-corrected chi connectivity index (χ1v) is 4.41. The van der Waals surface area contributed by atoms with Crippen molar-refractivity contribution in [2.24, 2.45) is 19.3 Å². The quantitative estimate of drug-likeness (QED) is 0.710. The average molecular weight is 212 g/mol. The summed E-state index contributed by atoms with van der Waals surface area (Å²) in [4.78, 5) is 33.5. The molecule has 1 N–H and O–H groups in total. The van der Waals surface area contributed by atoms with Crippen molar-refractivity contribution in [3.8, 4) is 0 Å². The molecule has 0 unspecified atom stereocenters. The maximum absolute atomic E-state index is 11.5. The van der Waals surface area contributed by atoms with Crippen LogP contribution in [-0.2, 0) is 14.1 Å². The minimum atomic E-state index is -0.691. The first-order valence-electron chi connectivity index (χ1n) is 4.41. The van der Waals surface area contributed by atoms with E-state index in [-0.39, 0.29) is 11.5 Å². The molecule has 0 aliphatic heterocycles. The van der Waals surface area contributed by atoms with Gasteiger partial charge < -0.3 is 5.32 Å². The summed E-state index contributed by atoms with van der Waals surface area (Å²) in [6, 6.07) is 0.